The fourth-order valence-electron chi connectivity index (χ4n) is 0.935. The molecule has 0 aliphatic rings. The summed E-state index contributed by atoms with van der Waals surface area (Å²) >= 11 is 0. The fraction of sp³-hybridized carbons (Fsp3) is 0.333. The number of hydrogen-bond donors (Lipinski definition) is 1. The second-order valence-electron chi connectivity index (χ2n) is 2.80. The summed E-state index contributed by atoms with van der Waals surface area (Å²) in [5, 5.41) is 0. The van der Waals surface area contributed by atoms with Crippen molar-refractivity contribution in [2.24, 2.45) is 5.73 Å². The van der Waals surface area contributed by atoms with Crippen LogP contribution in [0.25, 0.3) is 0 Å². The first-order valence-corrected chi connectivity index (χ1v) is 5.83. The van der Waals surface area contributed by atoms with E-state index in [-0.39, 0.29) is 18.9 Å². The maximum absolute atomic E-state index is 11.1. The topological polar surface area (TPSA) is 69.4 Å². The summed E-state index contributed by atoms with van der Waals surface area (Å²) in [6.45, 7) is 0.153. The third kappa shape index (κ3) is 3.87. The summed E-state index contributed by atoms with van der Waals surface area (Å²) in [5.41, 5.74) is 5.95. The Hall–Kier alpha value is -0.910. The van der Waals surface area contributed by atoms with E-state index in [1.165, 1.54) is 0 Å². The zero-order valence-electron chi connectivity index (χ0n) is 7.72. The molecule has 0 saturated heterocycles. The highest BCUT2D eigenvalue weighted by Crippen LogP contribution is 2.03. The van der Waals surface area contributed by atoms with Crippen LogP contribution in [0.15, 0.2) is 30.3 Å². The lowest BCUT2D eigenvalue weighted by Gasteiger charge is -2.03. The van der Waals surface area contributed by atoms with Crippen molar-refractivity contribution in [1.82, 2.24) is 0 Å². The monoisotopic (exact) mass is 215 g/mol. The Morgan fingerprint density at radius 1 is 1.21 bits per heavy atom. The molecule has 0 saturated carbocycles. The van der Waals surface area contributed by atoms with Gasteiger partial charge in [-0.25, -0.2) is 0 Å². The number of rotatable bonds is 5. The van der Waals surface area contributed by atoms with E-state index in [1.54, 1.807) is 12.1 Å². The molecule has 0 fully saturated rings. The van der Waals surface area contributed by atoms with Gasteiger partial charge in [-0.3, -0.25) is 4.18 Å². The van der Waals surface area contributed by atoms with Crippen molar-refractivity contribution < 1.29 is 12.6 Å². The number of benzene rings is 1. The van der Waals surface area contributed by atoms with E-state index in [4.69, 9.17) is 9.92 Å². The molecule has 0 atom stereocenters. The first-order chi connectivity index (χ1) is 6.64. The van der Waals surface area contributed by atoms with Gasteiger partial charge in [-0.1, -0.05) is 30.3 Å². The molecule has 78 valence electrons. The van der Waals surface area contributed by atoms with Gasteiger partial charge in [-0.15, -0.1) is 0 Å². The molecule has 0 unspecified atom stereocenters. The second-order valence-corrected chi connectivity index (χ2v) is 4.56. The SMILES string of the molecule is NCCS(=O)(=O)OCc1ccccc1. The molecule has 0 heterocycles. The highest BCUT2D eigenvalue weighted by atomic mass is 32.2. The van der Waals surface area contributed by atoms with E-state index in [9.17, 15) is 8.42 Å². The first-order valence-electron chi connectivity index (χ1n) is 4.25. The summed E-state index contributed by atoms with van der Waals surface area (Å²) in [6.07, 6.45) is 0. The minimum Gasteiger partial charge on any atom is -0.329 e. The molecule has 0 spiro atoms. The van der Waals surface area contributed by atoms with Crippen LogP contribution >= 0.6 is 0 Å². The molecule has 0 aliphatic carbocycles. The Morgan fingerprint density at radius 3 is 2.43 bits per heavy atom. The lowest BCUT2D eigenvalue weighted by atomic mass is 10.2. The van der Waals surface area contributed by atoms with Gasteiger partial charge >= 0.3 is 0 Å². The highest BCUT2D eigenvalue weighted by Gasteiger charge is 2.09. The highest BCUT2D eigenvalue weighted by molar-refractivity contribution is 7.86. The van der Waals surface area contributed by atoms with Crippen molar-refractivity contribution in [2.75, 3.05) is 12.3 Å². The fourth-order valence-corrected chi connectivity index (χ4v) is 1.66. The molecule has 0 amide bonds. The van der Waals surface area contributed by atoms with E-state index in [0.717, 1.165) is 5.56 Å². The summed E-state index contributed by atoms with van der Waals surface area (Å²) < 4.78 is 27.0. The van der Waals surface area contributed by atoms with Gasteiger partial charge in [0.25, 0.3) is 10.1 Å². The van der Waals surface area contributed by atoms with Gasteiger partial charge in [-0.2, -0.15) is 8.42 Å². The van der Waals surface area contributed by atoms with Gasteiger partial charge in [0.1, 0.15) is 0 Å². The van der Waals surface area contributed by atoms with Gasteiger partial charge in [-0.05, 0) is 5.56 Å². The molecular formula is C9H13NO3S. The normalized spacial score (nSPS) is 11.5. The number of hydrogen-bond acceptors (Lipinski definition) is 4. The maximum atomic E-state index is 11.1. The van der Waals surface area contributed by atoms with Gasteiger partial charge in [0, 0.05) is 6.54 Å². The van der Waals surface area contributed by atoms with Crippen LogP contribution in [0.5, 0.6) is 0 Å². The van der Waals surface area contributed by atoms with Crippen LogP contribution in [0.1, 0.15) is 5.56 Å². The van der Waals surface area contributed by atoms with Crippen molar-refractivity contribution in [2.45, 2.75) is 6.61 Å². The minimum absolute atomic E-state index is 0.0726. The average Bonchev–Trinajstić information content (AvgIpc) is 2.17. The Bertz CT molecular complexity index is 361. The van der Waals surface area contributed by atoms with Crippen LogP contribution in [-0.2, 0) is 20.9 Å². The predicted octanol–water partition coefficient (Wildman–Crippen LogP) is 0.492. The molecule has 1 aromatic carbocycles. The molecule has 14 heavy (non-hydrogen) atoms. The molecule has 0 bridgehead atoms. The van der Waals surface area contributed by atoms with Crippen LogP contribution < -0.4 is 5.73 Å². The van der Waals surface area contributed by atoms with E-state index < -0.39 is 10.1 Å². The van der Waals surface area contributed by atoms with Crippen molar-refractivity contribution in [3.8, 4) is 0 Å². The van der Waals surface area contributed by atoms with Gasteiger partial charge in [0.05, 0.1) is 12.4 Å². The Morgan fingerprint density at radius 2 is 1.86 bits per heavy atom. The Balaban J connectivity index is 2.49. The van der Waals surface area contributed by atoms with Crippen LogP contribution in [0.4, 0.5) is 0 Å². The standard InChI is InChI=1S/C9H13NO3S/c10-6-7-14(11,12)13-8-9-4-2-1-3-5-9/h1-5H,6-8,10H2. The zero-order valence-corrected chi connectivity index (χ0v) is 8.53. The lowest BCUT2D eigenvalue weighted by molar-refractivity contribution is 0.308. The largest absolute Gasteiger partial charge is 0.329 e. The molecule has 0 aliphatic heterocycles. The van der Waals surface area contributed by atoms with Crippen molar-refractivity contribution in [3.63, 3.8) is 0 Å². The minimum atomic E-state index is -3.45. The third-order valence-corrected chi connectivity index (χ3v) is 2.83. The summed E-state index contributed by atoms with van der Waals surface area (Å²) in [6, 6.07) is 9.12. The first kappa shape index (κ1) is 11.2. The van der Waals surface area contributed by atoms with Crippen molar-refractivity contribution >= 4 is 10.1 Å². The molecule has 1 rings (SSSR count). The van der Waals surface area contributed by atoms with Crippen molar-refractivity contribution in [3.05, 3.63) is 35.9 Å². The molecule has 0 radical (unpaired) electrons. The summed E-state index contributed by atoms with van der Waals surface area (Å²) in [4.78, 5) is 0. The van der Waals surface area contributed by atoms with E-state index in [0.29, 0.717) is 0 Å². The Labute approximate surface area is 83.8 Å². The lowest BCUT2D eigenvalue weighted by Crippen LogP contribution is -2.17. The van der Waals surface area contributed by atoms with Gasteiger partial charge in [0.15, 0.2) is 0 Å². The quantitative estimate of drug-likeness (QED) is 0.726. The van der Waals surface area contributed by atoms with E-state index in [1.807, 2.05) is 18.2 Å². The Kier molecular flexibility index (Phi) is 4.06. The van der Waals surface area contributed by atoms with Crippen LogP contribution in [0.2, 0.25) is 0 Å². The second kappa shape index (κ2) is 5.09. The van der Waals surface area contributed by atoms with Crippen LogP contribution in [0, 0.1) is 0 Å². The van der Waals surface area contributed by atoms with Gasteiger partial charge < -0.3 is 5.73 Å². The maximum Gasteiger partial charge on any atom is 0.268 e. The molecule has 0 aromatic heterocycles. The van der Waals surface area contributed by atoms with E-state index >= 15 is 0 Å². The molecule has 4 nitrogen and oxygen atoms in total. The predicted molar refractivity (Wildman–Crippen MR) is 54.1 cm³/mol. The summed E-state index contributed by atoms with van der Waals surface area (Å²) in [7, 11) is -3.45. The average molecular weight is 215 g/mol. The third-order valence-electron chi connectivity index (χ3n) is 1.62. The van der Waals surface area contributed by atoms with Crippen LogP contribution in [-0.4, -0.2) is 20.7 Å². The van der Waals surface area contributed by atoms with Crippen LogP contribution in [0.3, 0.4) is 0 Å². The van der Waals surface area contributed by atoms with Gasteiger partial charge in [0.2, 0.25) is 0 Å². The zero-order chi connectivity index (χ0) is 10.4. The van der Waals surface area contributed by atoms with E-state index in [2.05, 4.69) is 0 Å². The smallest absolute Gasteiger partial charge is 0.268 e. The summed E-state index contributed by atoms with van der Waals surface area (Å²) in [5.74, 6) is -0.139. The number of nitrogens with two attached hydrogens (primary N) is 1. The molecule has 2 N–H and O–H groups in total. The molecule has 1 aromatic rings. The molecule has 5 heteroatoms. The molecular weight excluding hydrogens is 202 g/mol. The van der Waals surface area contributed by atoms with Crippen molar-refractivity contribution in [1.29, 1.82) is 0 Å².